The van der Waals surface area contributed by atoms with E-state index in [-0.39, 0.29) is 11.5 Å². The Bertz CT molecular complexity index is 1020. The maximum atomic E-state index is 13.2. The van der Waals surface area contributed by atoms with Crippen molar-refractivity contribution in [2.45, 2.75) is 19.9 Å². The molecular weight excluding hydrogens is 394 g/mol. The van der Waals surface area contributed by atoms with Gasteiger partial charge < -0.3 is 4.74 Å². The third-order valence-corrected chi connectivity index (χ3v) is 5.16. The van der Waals surface area contributed by atoms with Crippen LogP contribution in [-0.4, -0.2) is 36.0 Å². The Labute approximate surface area is 172 Å². The SMILES string of the molecule is CCOc1ccc(N2C(=O)[C@H]3C(C(C)=O)=NN(c4ccc(Cl)cc4)[C@H]3C2=O)cc1. The number of ether oxygens (including phenoxy) is 1. The number of hydrazone groups is 1. The highest BCUT2D eigenvalue weighted by molar-refractivity contribution is 6.48. The largest absolute Gasteiger partial charge is 0.494 e. The molecule has 0 aliphatic carbocycles. The van der Waals surface area contributed by atoms with Crippen LogP contribution in [0.5, 0.6) is 5.75 Å². The third-order valence-electron chi connectivity index (χ3n) is 4.91. The maximum Gasteiger partial charge on any atom is 0.259 e. The number of nitrogens with zero attached hydrogens (tertiary/aromatic N) is 3. The van der Waals surface area contributed by atoms with Crippen LogP contribution in [0.4, 0.5) is 11.4 Å². The molecule has 0 spiro atoms. The van der Waals surface area contributed by atoms with E-state index in [0.29, 0.717) is 28.8 Å². The zero-order chi connectivity index (χ0) is 20.7. The van der Waals surface area contributed by atoms with Crippen molar-refractivity contribution in [3.05, 3.63) is 53.6 Å². The predicted octanol–water partition coefficient (Wildman–Crippen LogP) is 3.06. The Morgan fingerprint density at radius 1 is 1.03 bits per heavy atom. The molecule has 29 heavy (non-hydrogen) atoms. The minimum Gasteiger partial charge on any atom is -0.494 e. The van der Waals surface area contributed by atoms with Gasteiger partial charge in [0.15, 0.2) is 5.78 Å². The molecule has 148 valence electrons. The fourth-order valence-electron chi connectivity index (χ4n) is 3.62. The Morgan fingerprint density at radius 3 is 2.24 bits per heavy atom. The summed E-state index contributed by atoms with van der Waals surface area (Å²) in [5.74, 6) is -1.54. The highest BCUT2D eigenvalue weighted by atomic mass is 35.5. The van der Waals surface area contributed by atoms with Gasteiger partial charge in [0.05, 0.1) is 18.0 Å². The number of hydrogen-bond acceptors (Lipinski definition) is 6. The second-order valence-electron chi connectivity index (χ2n) is 6.72. The summed E-state index contributed by atoms with van der Waals surface area (Å²) in [5.41, 5.74) is 1.09. The van der Waals surface area contributed by atoms with Gasteiger partial charge in [-0.1, -0.05) is 11.6 Å². The zero-order valence-electron chi connectivity index (χ0n) is 15.8. The normalized spacial score (nSPS) is 20.7. The summed E-state index contributed by atoms with van der Waals surface area (Å²) in [6.07, 6.45) is 0. The lowest BCUT2D eigenvalue weighted by molar-refractivity contribution is -0.122. The standard InChI is InChI=1S/C21H18ClN3O4/c1-3-29-16-10-8-14(9-11-16)24-20(27)17-18(12(2)26)23-25(19(17)21(24)28)15-6-4-13(22)5-7-15/h4-11,17,19H,3H2,1-2H3/t17-,19+/m0/s1. The van der Waals surface area contributed by atoms with E-state index in [1.807, 2.05) is 6.92 Å². The Balaban J connectivity index is 1.73. The van der Waals surface area contributed by atoms with Crippen LogP contribution in [0.3, 0.4) is 0 Å². The average Bonchev–Trinajstić information content (AvgIpc) is 3.21. The lowest BCUT2D eigenvalue weighted by Gasteiger charge is -2.22. The number of benzene rings is 2. The first kappa shape index (κ1) is 19.1. The summed E-state index contributed by atoms with van der Waals surface area (Å²) in [5, 5.41) is 6.28. The molecule has 2 amide bonds. The zero-order valence-corrected chi connectivity index (χ0v) is 16.6. The Kier molecular flexibility index (Phi) is 4.84. The van der Waals surface area contributed by atoms with Gasteiger partial charge in [-0.15, -0.1) is 0 Å². The van der Waals surface area contributed by atoms with Crippen LogP contribution in [0, 0.1) is 5.92 Å². The lowest BCUT2D eigenvalue weighted by Crippen LogP contribution is -2.39. The minimum absolute atomic E-state index is 0.0803. The van der Waals surface area contributed by atoms with Crippen LogP contribution < -0.4 is 14.6 Å². The van der Waals surface area contributed by atoms with Crippen LogP contribution in [0.25, 0.3) is 0 Å². The quantitative estimate of drug-likeness (QED) is 0.706. The number of carbonyl (C=O) groups is 3. The van der Waals surface area contributed by atoms with Crippen molar-refractivity contribution in [1.82, 2.24) is 0 Å². The molecule has 8 heteroatoms. The highest BCUT2D eigenvalue weighted by Gasteiger charge is 2.58. The topological polar surface area (TPSA) is 79.3 Å². The van der Waals surface area contributed by atoms with Crippen molar-refractivity contribution in [3.8, 4) is 5.75 Å². The predicted molar refractivity (Wildman–Crippen MR) is 109 cm³/mol. The summed E-state index contributed by atoms with van der Waals surface area (Å²) < 4.78 is 5.41. The molecule has 2 aliphatic heterocycles. The van der Waals surface area contributed by atoms with E-state index in [1.165, 1.54) is 11.9 Å². The van der Waals surface area contributed by atoms with Gasteiger partial charge in [-0.2, -0.15) is 5.10 Å². The molecule has 7 nitrogen and oxygen atoms in total. The Hall–Kier alpha value is -3.19. The molecule has 0 bridgehead atoms. The number of anilines is 2. The van der Waals surface area contributed by atoms with Crippen LogP contribution in [0.1, 0.15) is 13.8 Å². The molecule has 0 saturated carbocycles. The Morgan fingerprint density at radius 2 is 1.66 bits per heavy atom. The average molecular weight is 412 g/mol. The number of Topliss-reactive ketones (excluding diaryl/α,β-unsaturated/α-hetero) is 1. The molecule has 0 unspecified atom stereocenters. The van der Waals surface area contributed by atoms with Gasteiger partial charge in [0.2, 0.25) is 5.91 Å². The van der Waals surface area contributed by atoms with E-state index in [1.54, 1.807) is 48.5 Å². The van der Waals surface area contributed by atoms with Crippen LogP contribution in [0.2, 0.25) is 5.02 Å². The van der Waals surface area contributed by atoms with E-state index in [9.17, 15) is 14.4 Å². The van der Waals surface area contributed by atoms with E-state index in [0.717, 1.165) is 4.90 Å². The molecule has 2 heterocycles. The monoisotopic (exact) mass is 411 g/mol. The summed E-state index contributed by atoms with van der Waals surface area (Å²) in [6, 6.07) is 12.5. The molecule has 0 aromatic heterocycles. The summed E-state index contributed by atoms with van der Waals surface area (Å²) in [4.78, 5) is 39.7. The number of imide groups is 1. The van der Waals surface area contributed by atoms with Gasteiger partial charge in [-0.05, 0) is 55.5 Å². The summed E-state index contributed by atoms with van der Waals surface area (Å²) in [6.45, 7) is 3.73. The van der Waals surface area contributed by atoms with Crippen molar-refractivity contribution in [2.75, 3.05) is 16.5 Å². The van der Waals surface area contributed by atoms with Gasteiger partial charge in [0, 0.05) is 11.9 Å². The van der Waals surface area contributed by atoms with Crippen molar-refractivity contribution in [2.24, 2.45) is 11.0 Å². The highest BCUT2D eigenvalue weighted by Crippen LogP contribution is 2.38. The summed E-state index contributed by atoms with van der Waals surface area (Å²) >= 11 is 5.95. The molecule has 1 saturated heterocycles. The molecule has 2 aromatic rings. The molecule has 2 aromatic carbocycles. The maximum absolute atomic E-state index is 13.2. The fraction of sp³-hybridized carbons (Fsp3) is 0.238. The molecule has 2 atom stereocenters. The van der Waals surface area contributed by atoms with Crippen LogP contribution in [0.15, 0.2) is 53.6 Å². The van der Waals surface area contributed by atoms with E-state index in [4.69, 9.17) is 16.3 Å². The lowest BCUT2D eigenvalue weighted by atomic mass is 9.95. The minimum atomic E-state index is -0.942. The smallest absolute Gasteiger partial charge is 0.259 e. The number of rotatable bonds is 5. The van der Waals surface area contributed by atoms with Gasteiger partial charge >= 0.3 is 0 Å². The second-order valence-corrected chi connectivity index (χ2v) is 7.16. The first-order chi connectivity index (χ1) is 13.9. The van der Waals surface area contributed by atoms with Crippen molar-refractivity contribution >= 4 is 46.3 Å². The molecule has 1 fully saturated rings. The third kappa shape index (κ3) is 3.17. The van der Waals surface area contributed by atoms with E-state index in [2.05, 4.69) is 5.10 Å². The van der Waals surface area contributed by atoms with Crippen LogP contribution in [-0.2, 0) is 14.4 Å². The fourth-order valence-corrected chi connectivity index (χ4v) is 3.75. The number of ketones is 1. The number of amides is 2. The number of fused-ring (bicyclic) bond motifs is 1. The van der Waals surface area contributed by atoms with Crippen molar-refractivity contribution in [3.63, 3.8) is 0 Å². The van der Waals surface area contributed by atoms with Gasteiger partial charge in [-0.3, -0.25) is 19.4 Å². The second kappa shape index (κ2) is 7.33. The molecule has 4 rings (SSSR count). The van der Waals surface area contributed by atoms with E-state index < -0.39 is 23.8 Å². The number of hydrogen-bond donors (Lipinski definition) is 0. The number of halogens is 1. The molecule has 0 N–H and O–H groups in total. The van der Waals surface area contributed by atoms with Gasteiger partial charge in [0.1, 0.15) is 23.4 Å². The van der Waals surface area contributed by atoms with Crippen molar-refractivity contribution in [1.29, 1.82) is 0 Å². The van der Waals surface area contributed by atoms with Gasteiger partial charge in [-0.25, -0.2) is 4.90 Å². The molecule has 0 radical (unpaired) electrons. The molecule has 2 aliphatic rings. The van der Waals surface area contributed by atoms with Crippen molar-refractivity contribution < 1.29 is 19.1 Å². The first-order valence-corrected chi connectivity index (χ1v) is 9.55. The van der Waals surface area contributed by atoms with Crippen LogP contribution >= 0.6 is 11.6 Å². The van der Waals surface area contributed by atoms with E-state index >= 15 is 0 Å². The number of carbonyl (C=O) groups excluding carboxylic acids is 3. The molecular formula is C21H18ClN3O4. The van der Waals surface area contributed by atoms with Gasteiger partial charge in [0.25, 0.3) is 5.91 Å². The first-order valence-electron chi connectivity index (χ1n) is 9.17. The summed E-state index contributed by atoms with van der Waals surface area (Å²) in [7, 11) is 0.